The van der Waals surface area contributed by atoms with Crippen LogP contribution in [-0.4, -0.2) is 22.7 Å². The third kappa shape index (κ3) is 4.84. The van der Waals surface area contributed by atoms with E-state index in [2.05, 4.69) is 4.74 Å². The first-order valence-corrected chi connectivity index (χ1v) is 7.55. The maximum Gasteiger partial charge on any atom is 0.573 e. The van der Waals surface area contributed by atoms with E-state index in [0.29, 0.717) is 12.1 Å². The highest BCUT2D eigenvalue weighted by atomic mass is 127. The second kappa shape index (κ2) is 7.14. The van der Waals surface area contributed by atoms with E-state index in [0.717, 1.165) is 0 Å². The second-order valence-electron chi connectivity index (χ2n) is 4.20. The summed E-state index contributed by atoms with van der Waals surface area (Å²) in [5.74, 6) is -0.478. The average Bonchev–Trinajstić information content (AvgIpc) is 2.37. The van der Waals surface area contributed by atoms with Crippen molar-refractivity contribution < 1.29 is 22.7 Å². The minimum Gasteiger partial charge on any atom is -0.406 e. The molecule has 0 aliphatic rings. The van der Waals surface area contributed by atoms with E-state index < -0.39 is 6.36 Å². The number of carbonyl (C=O) groups excluding carboxylic acids is 1. The fourth-order valence-corrected chi connectivity index (χ4v) is 2.09. The molecule has 0 bridgehead atoms. The van der Waals surface area contributed by atoms with Crippen LogP contribution in [0.15, 0.2) is 24.3 Å². The number of nitrogens with zero attached hydrogens (tertiary/aromatic N) is 1. The van der Waals surface area contributed by atoms with Crippen LogP contribution in [0.25, 0.3) is 0 Å². The number of hydrogen-bond acceptors (Lipinski definition) is 2. The molecule has 0 aliphatic heterocycles. The van der Waals surface area contributed by atoms with Gasteiger partial charge in [-0.1, -0.05) is 35.6 Å². The fraction of sp³-hybridized carbons (Fsp3) is 0.462. The zero-order chi connectivity index (χ0) is 15.3. The van der Waals surface area contributed by atoms with Crippen molar-refractivity contribution in [1.29, 1.82) is 0 Å². The van der Waals surface area contributed by atoms with Gasteiger partial charge >= 0.3 is 6.36 Å². The van der Waals surface area contributed by atoms with Crippen LogP contribution in [-0.2, 0) is 4.79 Å². The monoisotopic (exact) mass is 401 g/mol. The van der Waals surface area contributed by atoms with Crippen molar-refractivity contribution in [1.82, 2.24) is 0 Å². The van der Waals surface area contributed by atoms with E-state index in [1.165, 1.54) is 23.1 Å². The number of hydrogen-bond donors (Lipinski definition) is 0. The van der Waals surface area contributed by atoms with Crippen LogP contribution in [0.3, 0.4) is 0 Å². The predicted octanol–water partition coefficient (Wildman–Crippen LogP) is 4.15. The lowest BCUT2D eigenvalue weighted by atomic mass is 10.2. The van der Waals surface area contributed by atoms with Gasteiger partial charge in [0.2, 0.25) is 5.91 Å². The Morgan fingerprint density at radius 3 is 2.60 bits per heavy atom. The molecule has 0 aliphatic carbocycles. The molecule has 1 rings (SSSR count). The summed E-state index contributed by atoms with van der Waals surface area (Å²) < 4.78 is 40.8. The molecule has 0 aromatic heterocycles. The van der Waals surface area contributed by atoms with Gasteiger partial charge in [0.05, 0.1) is 4.43 Å². The molecule has 1 atom stereocenters. The molecule has 0 spiro atoms. The Hall–Kier alpha value is -0.990. The molecule has 1 aromatic carbocycles. The smallest absolute Gasteiger partial charge is 0.406 e. The van der Waals surface area contributed by atoms with Gasteiger partial charge in [0.1, 0.15) is 5.75 Å². The van der Waals surface area contributed by atoms with Gasteiger partial charge < -0.3 is 9.64 Å². The van der Waals surface area contributed by atoms with Crippen molar-refractivity contribution >= 4 is 34.2 Å². The van der Waals surface area contributed by atoms with Gasteiger partial charge in [-0.3, -0.25) is 4.79 Å². The van der Waals surface area contributed by atoms with Gasteiger partial charge in [0, 0.05) is 17.8 Å². The lowest BCUT2D eigenvalue weighted by Crippen LogP contribution is -2.39. The van der Waals surface area contributed by atoms with E-state index in [4.69, 9.17) is 0 Å². The van der Waals surface area contributed by atoms with Crippen molar-refractivity contribution in [3.8, 4) is 5.75 Å². The molecule has 0 N–H and O–H groups in total. The van der Waals surface area contributed by atoms with Crippen LogP contribution in [0.5, 0.6) is 5.75 Å². The number of ether oxygens (including phenoxy) is 1. The number of alkyl halides is 4. The summed E-state index contributed by atoms with van der Waals surface area (Å²) in [6.45, 7) is 3.76. The first kappa shape index (κ1) is 17.1. The number of benzene rings is 1. The zero-order valence-corrected chi connectivity index (χ0v) is 13.2. The van der Waals surface area contributed by atoms with Crippen molar-refractivity contribution in [3.63, 3.8) is 0 Å². The van der Waals surface area contributed by atoms with Gasteiger partial charge in [0.15, 0.2) is 0 Å². The number of rotatable bonds is 5. The molecule has 0 heterocycles. The highest BCUT2D eigenvalue weighted by Crippen LogP contribution is 2.28. The number of anilines is 1. The third-order valence-corrected chi connectivity index (χ3v) is 3.40. The predicted molar refractivity (Wildman–Crippen MR) is 79.3 cm³/mol. The van der Waals surface area contributed by atoms with Gasteiger partial charge in [-0.25, -0.2) is 0 Å². The van der Waals surface area contributed by atoms with E-state index in [1.54, 1.807) is 6.07 Å². The Labute approximate surface area is 129 Å². The number of carbonyl (C=O) groups is 1. The molecule has 112 valence electrons. The standard InChI is InChI=1S/C13H15F3INO2/c1-3-9(2)18(12(19)8-17)10-5-4-6-11(7-10)20-13(14,15)16/h4-7,9H,3,8H2,1-2H3. The van der Waals surface area contributed by atoms with Crippen molar-refractivity contribution in [2.75, 3.05) is 9.33 Å². The Balaban J connectivity index is 3.08. The quantitative estimate of drug-likeness (QED) is 0.548. The second-order valence-corrected chi connectivity index (χ2v) is 4.96. The Morgan fingerprint density at radius 2 is 2.10 bits per heavy atom. The minimum absolute atomic E-state index is 0.0987. The maximum absolute atomic E-state index is 12.2. The first-order valence-electron chi connectivity index (χ1n) is 6.02. The summed E-state index contributed by atoms with van der Waals surface area (Å²) in [5, 5.41) is 0. The van der Waals surface area contributed by atoms with Crippen LogP contribution in [0.2, 0.25) is 0 Å². The van der Waals surface area contributed by atoms with Gasteiger partial charge in [-0.2, -0.15) is 0 Å². The van der Waals surface area contributed by atoms with E-state index >= 15 is 0 Å². The average molecular weight is 401 g/mol. The summed E-state index contributed by atoms with van der Waals surface area (Å²) in [7, 11) is 0. The normalized spacial score (nSPS) is 12.9. The maximum atomic E-state index is 12.2. The summed E-state index contributed by atoms with van der Waals surface area (Å²) in [4.78, 5) is 13.5. The highest BCUT2D eigenvalue weighted by Gasteiger charge is 2.31. The summed E-state index contributed by atoms with van der Waals surface area (Å²) in [6, 6.07) is 5.37. The minimum atomic E-state index is -4.74. The van der Waals surface area contributed by atoms with E-state index in [9.17, 15) is 18.0 Å². The molecule has 0 fully saturated rings. The molecule has 1 unspecified atom stereocenters. The Morgan fingerprint density at radius 1 is 1.45 bits per heavy atom. The first-order chi connectivity index (χ1) is 9.28. The summed E-state index contributed by atoms with van der Waals surface area (Å²) >= 11 is 1.93. The fourth-order valence-electron chi connectivity index (χ4n) is 1.72. The third-order valence-electron chi connectivity index (χ3n) is 2.74. The van der Waals surface area contributed by atoms with Crippen LogP contribution in [0.4, 0.5) is 18.9 Å². The molecule has 1 aromatic rings. The molecule has 0 radical (unpaired) electrons. The van der Waals surface area contributed by atoms with E-state index in [1.807, 2.05) is 36.4 Å². The largest absolute Gasteiger partial charge is 0.573 e. The van der Waals surface area contributed by atoms with Crippen LogP contribution >= 0.6 is 22.6 Å². The molecule has 7 heteroatoms. The molecule has 20 heavy (non-hydrogen) atoms. The van der Waals surface area contributed by atoms with Crippen LogP contribution in [0, 0.1) is 0 Å². The molecule has 0 saturated carbocycles. The highest BCUT2D eigenvalue weighted by molar-refractivity contribution is 14.1. The van der Waals surface area contributed by atoms with Crippen LogP contribution < -0.4 is 9.64 Å². The molecule has 0 saturated heterocycles. The lowest BCUT2D eigenvalue weighted by Gasteiger charge is -2.28. The van der Waals surface area contributed by atoms with E-state index in [-0.39, 0.29) is 22.1 Å². The summed E-state index contributed by atoms with van der Waals surface area (Å²) in [5.41, 5.74) is 0.405. The lowest BCUT2D eigenvalue weighted by molar-refractivity contribution is -0.274. The SMILES string of the molecule is CCC(C)N(C(=O)CI)c1cccc(OC(F)(F)F)c1. The topological polar surface area (TPSA) is 29.5 Å². The van der Waals surface area contributed by atoms with Gasteiger partial charge in [-0.15, -0.1) is 13.2 Å². The Kier molecular flexibility index (Phi) is 6.09. The molecular weight excluding hydrogens is 386 g/mol. The van der Waals surface area contributed by atoms with Gasteiger partial charge in [-0.05, 0) is 25.5 Å². The number of amides is 1. The molecular formula is C13H15F3INO2. The van der Waals surface area contributed by atoms with Crippen molar-refractivity contribution in [2.45, 2.75) is 32.7 Å². The van der Waals surface area contributed by atoms with Crippen LogP contribution in [0.1, 0.15) is 20.3 Å². The Bertz CT molecular complexity index is 465. The van der Waals surface area contributed by atoms with Crippen molar-refractivity contribution in [3.05, 3.63) is 24.3 Å². The summed E-state index contributed by atoms with van der Waals surface area (Å²) in [6.07, 6.45) is -4.04. The van der Waals surface area contributed by atoms with Crippen molar-refractivity contribution in [2.24, 2.45) is 0 Å². The van der Waals surface area contributed by atoms with Gasteiger partial charge in [0.25, 0.3) is 0 Å². The zero-order valence-electron chi connectivity index (χ0n) is 11.1. The molecule has 1 amide bonds. The number of halogens is 4. The molecule has 3 nitrogen and oxygen atoms in total.